The normalized spacial score (nSPS) is 13.9. The van der Waals surface area contributed by atoms with Crippen molar-refractivity contribution in [1.82, 2.24) is 0 Å². The van der Waals surface area contributed by atoms with Crippen LogP contribution in [0.1, 0.15) is 20.8 Å². The maximum absolute atomic E-state index is 7.44. The third-order valence-corrected chi connectivity index (χ3v) is 1.48. The van der Waals surface area contributed by atoms with Crippen molar-refractivity contribution in [3.63, 3.8) is 0 Å². The van der Waals surface area contributed by atoms with Crippen LogP contribution in [-0.2, 0) is 0 Å². The summed E-state index contributed by atoms with van der Waals surface area (Å²) in [7, 11) is 0. The molecule has 2 heteroatoms. The standard InChI is InChI=1S/C10H16N2/c1-4-6-7-9(8(3)11)10(12)5-2/h4-7,11H,12H2,1-3H3/b6-4-,9-7-,10-5+,11-8?. The van der Waals surface area contributed by atoms with Gasteiger partial charge in [-0.2, -0.15) is 0 Å². The van der Waals surface area contributed by atoms with Crippen molar-refractivity contribution in [2.24, 2.45) is 5.73 Å². The monoisotopic (exact) mass is 164 g/mol. The molecule has 0 unspecified atom stereocenters. The molecular weight excluding hydrogens is 148 g/mol. The average Bonchev–Trinajstić information content (AvgIpc) is 2.04. The predicted octanol–water partition coefficient (Wildman–Crippen LogP) is 2.39. The fourth-order valence-corrected chi connectivity index (χ4v) is 0.786. The highest BCUT2D eigenvalue weighted by molar-refractivity contribution is 5.99. The van der Waals surface area contributed by atoms with Gasteiger partial charge in [0.05, 0.1) is 0 Å². The summed E-state index contributed by atoms with van der Waals surface area (Å²) >= 11 is 0. The van der Waals surface area contributed by atoms with Crippen LogP contribution in [0, 0.1) is 5.41 Å². The summed E-state index contributed by atoms with van der Waals surface area (Å²) in [5, 5.41) is 7.44. The van der Waals surface area contributed by atoms with E-state index in [1.54, 1.807) is 13.0 Å². The second-order valence-electron chi connectivity index (χ2n) is 2.48. The van der Waals surface area contributed by atoms with E-state index in [0.717, 1.165) is 5.57 Å². The summed E-state index contributed by atoms with van der Waals surface area (Å²) in [6, 6.07) is 0. The van der Waals surface area contributed by atoms with Gasteiger partial charge in [0.1, 0.15) is 0 Å². The molecule has 2 nitrogen and oxygen atoms in total. The van der Waals surface area contributed by atoms with Gasteiger partial charge in [-0.05, 0) is 20.8 Å². The molecule has 66 valence electrons. The van der Waals surface area contributed by atoms with Crippen LogP contribution in [0.3, 0.4) is 0 Å². The van der Waals surface area contributed by atoms with Crippen LogP contribution >= 0.6 is 0 Å². The Morgan fingerprint density at radius 3 is 2.25 bits per heavy atom. The molecule has 0 aliphatic rings. The summed E-state index contributed by atoms with van der Waals surface area (Å²) in [5.41, 5.74) is 7.61. The molecule has 0 saturated heterocycles. The van der Waals surface area contributed by atoms with Gasteiger partial charge in [0.25, 0.3) is 0 Å². The predicted molar refractivity (Wildman–Crippen MR) is 54.2 cm³/mol. The maximum Gasteiger partial charge on any atom is 0.0375 e. The second kappa shape index (κ2) is 5.35. The Balaban J connectivity index is 4.79. The van der Waals surface area contributed by atoms with Crippen molar-refractivity contribution < 1.29 is 0 Å². The van der Waals surface area contributed by atoms with Crippen LogP contribution in [0.25, 0.3) is 0 Å². The van der Waals surface area contributed by atoms with E-state index in [0.29, 0.717) is 11.4 Å². The van der Waals surface area contributed by atoms with Crippen LogP contribution in [0.2, 0.25) is 0 Å². The van der Waals surface area contributed by atoms with E-state index in [1.807, 2.05) is 32.1 Å². The molecule has 0 atom stereocenters. The third kappa shape index (κ3) is 3.19. The van der Waals surface area contributed by atoms with E-state index in [1.165, 1.54) is 0 Å². The van der Waals surface area contributed by atoms with Gasteiger partial charge in [-0.3, -0.25) is 0 Å². The summed E-state index contributed by atoms with van der Waals surface area (Å²) in [6.07, 6.45) is 7.43. The van der Waals surface area contributed by atoms with Gasteiger partial charge in [-0.25, -0.2) is 0 Å². The second-order valence-corrected chi connectivity index (χ2v) is 2.48. The molecule has 0 aromatic heterocycles. The lowest BCUT2D eigenvalue weighted by atomic mass is 10.1. The average molecular weight is 164 g/mol. The first-order valence-electron chi connectivity index (χ1n) is 3.94. The summed E-state index contributed by atoms with van der Waals surface area (Å²) < 4.78 is 0. The molecule has 0 fully saturated rings. The minimum absolute atomic E-state index is 0.490. The van der Waals surface area contributed by atoms with Gasteiger partial charge in [-0.1, -0.05) is 24.3 Å². The smallest absolute Gasteiger partial charge is 0.0375 e. The quantitative estimate of drug-likeness (QED) is 0.488. The Bertz CT molecular complexity index is 245. The van der Waals surface area contributed by atoms with E-state index in [2.05, 4.69) is 0 Å². The molecule has 0 aromatic rings. The van der Waals surface area contributed by atoms with E-state index >= 15 is 0 Å². The van der Waals surface area contributed by atoms with Crippen molar-refractivity contribution in [2.45, 2.75) is 20.8 Å². The van der Waals surface area contributed by atoms with Gasteiger partial charge >= 0.3 is 0 Å². The molecule has 0 radical (unpaired) electrons. The Hall–Kier alpha value is -1.31. The van der Waals surface area contributed by atoms with E-state index < -0.39 is 0 Å². The van der Waals surface area contributed by atoms with Crippen molar-refractivity contribution in [3.8, 4) is 0 Å². The van der Waals surface area contributed by atoms with Crippen molar-refractivity contribution in [3.05, 3.63) is 35.6 Å². The molecule has 0 rings (SSSR count). The molecule has 0 heterocycles. The Kier molecular flexibility index (Phi) is 4.77. The summed E-state index contributed by atoms with van der Waals surface area (Å²) in [6.45, 7) is 5.52. The fourth-order valence-electron chi connectivity index (χ4n) is 0.786. The molecule has 0 spiro atoms. The molecule has 0 amide bonds. The van der Waals surface area contributed by atoms with E-state index in [9.17, 15) is 0 Å². The van der Waals surface area contributed by atoms with Crippen LogP contribution in [0.15, 0.2) is 35.6 Å². The highest BCUT2D eigenvalue weighted by atomic mass is 14.6. The highest BCUT2D eigenvalue weighted by Gasteiger charge is 1.99. The molecule has 0 bridgehead atoms. The largest absolute Gasteiger partial charge is 0.398 e. The lowest BCUT2D eigenvalue weighted by molar-refractivity contribution is 1.32. The number of rotatable bonds is 3. The van der Waals surface area contributed by atoms with Gasteiger partial charge in [-0.15, -0.1) is 0 Å². The molecule has 0 aliphatic heterocycles. The minimum atomic E-state index is 0.490. The van der Waals surface area contributed by atoms with Crippen LogP contribution in [-0.4, -0.2) is 5.71 Å². The zero-order chi connectivity index (χ0) is 9.56. The topological polar surface area (TPSA) is 49.9 Å². The lowest BCUT2D eigenvalue weighted by Gasteiger charge is -2.03. The minimum Gasteiger partial charge on any atom is -0.398 e. The Morgan fingerprint density at radius 2 is 1.92 bits per heavy atom. The molecular formula is C10H16N2. The molecule has 0 aliphatic carbocycles. The molecule has 12 heavy (non-hydrogen) atoms. The highest BCUT2D eigenvalue weighted by Crippen LogP contribution is 2.05. The first kappa shape index (κ1) is 10.7. The summed E-state index contributed by atoms with van der Waals surface area (Å²) in [5.74, 6) is 0. The third-order valence-electron chi connectivity index (χ3n) is 1.48. The molecule has 3 N–H and O–H groups in total. The summed E-state index contributed by atoms with van der Waals surface area (Å²) in [4.78, 5) is 0. The number of allylic oxidation sites excluding steroid dienone is 5. The van der Waals surface area contributed by atoms with Crippen LogP contribution < -0.4 is 5.73 Å². The van der Waals surface area contributed by atoms with Crippen molar-refractivity contribution >= 4 is 5.71 Å². The first-order valence-corrected chi connectivity index (χ1v) is 3.94. The number of nitrogens with two attached hydrogens (primary N) is 1. The van der Waals surface area contributed by atoms with E-state index in [-0.39, 0.29) is 0 Å². The fraction of sp³-hybridized carbons (Fsp3) is 0.300. The zero-order valence-corrected chi connectivity index (χ0v) is 7.89. The van der Waals surface area contributed by atoms with Gasteiger partial charge in [0, 0.05) is 17.0 Å². The number of nitrogens with one attached hydrogen (secondary N) is 1. The van der Waals surface area contributed by atoms with Crippen LogP contribution in [0.5, 0.6) is 0 Å². The number of hydrogen-bond acceptors (Lipinski definition) is 2. The molecule has 0 aromatic carbocycles. The van der Waals surface area contributed by atoms with Gasteiger partial charge in [0.2, 0.25) is 0 Å². The zero-order valence-electron chi connectivity index (χ0n) is 7.89. The SMILES string of the molecule is C\C=C/C=C(C(C)=N)\C(N)=C/C. The maximum atomic E-state index is 7.44. The Morgan fingerprint density at radius 1 is 1.33 bits per heavy atom. The van der Waals surface area contributed by atoms with Gasteiger partial charge in [0.15, 0.2) is 0 Å². The number of hydrogen-bond donors (Lipinski definition) is 2. The van der Waals surface area contributed by atoms with Crippen LogP contribution in [0.4, 0.5) is 0 Å². The van der Waals surface area contributed by atoms with Crippen molar-refractivity contribution in [2.75, 3.05) is 0 Å². The molecule has 0 saturated carbocycles. The van der Waals surface area contributed by atoms with Gasteiger partial charge < -0.3 is 11.1 Å². The van der Waals surface area contributed by atoms with E-state index in [4.69, 9.17) is 11.1 Å². The first-order chi connectivity index (χ1) is 5.63. The Labute approximate surface area is 74.0 Å². The van der Waals surface area contributed by atoms with Crippen molar-refractivity contribution in [1.29, 1.82) is 5.41 Å². The lowest BCUT2D eigenvalue weighted by Crippen LogP contribution is -2.06.